The summed E-state index contributed by atoms with van der Waals surface area (Å²) in [7, 11) is 0. The van der Waals surface area contributed by atoms with Crippen LogP contribution in [0.25, 0.3) is 0 Å². The number of β-lactam (4-membered cyclic amide) rings is 1. The molecule has 1 aromatic carbocycles. The summed E-state index contributed by atoms with van der Waals surface area (Å²) in [5.74, 6) is -1.51. The van der Waals surface area contributed by atoms with Gasteiger partial charge < -0.3 is 14.4 Å². The first-order valence-electron chi connectivity index (χ1n) is 6.68. The minimum Gasteiger partial charge on any atom is -0.348 e. The maximum Gasteiger partial charge on any atom is 0.293 e. The number of benzene rings is 1. The van der Waals surface area contributed by atoms with Gasteiger partial charge in [0.2, 0.25) is 5.78 Å². The number of nitrogens with zero attached hydrogens (tertiary/aromatic N) is 1. The second-order valence-corrected chi connectivity index (χ2v) is 5.59. The zero-order valence-electron chi connectivity index (χ0n) is 11.5. The molecule has 2 aliphatic heterocycles. The topological polar surface area (TPSA) is 55.8 Å². The number of likely N-dealkylation sites (tertiary alicyclic amines) is 1. The van der Waals surface area contributed by atoms with E-state index in [1.807, 2.05) is 30.3 Å². The monoisotopic (exact) mass is 275 g/mol. The van der Waals surface area contributed by atoms with E-state index in [0.29, 0.717) is 13.2 Å². The Hall–Kier alpha value is -1.72. The van der Waals surface area contributed by atoms with Gasteiger partial charge in [0.05, 0.1) is 6.61 Å². The van der Waals surface area contributed by atoms with E-state index in [4.69, 9.17) is 9.47 Å². The summed E-state index contributed by atoms with van der Waals surface area (Å²) in [6.07, 6.45) is -0.376. The highest BCUT2D eigenvalue weighted by Gasteiger charge is 2.54. The Morgan fingerprint density at radius 3 is 2.55 bits per heavy atom. The summed E-state index contributed by atoms with van der Waals surface area (Å²) in [6, 6.07) is 9.08. The van der Waals surface area contributed by atoms with E-state index in [2.05, 4.69) is 0 Å². The predicted molar refractivity (Wildman–Crippen MR) is 70.7 cm³/mol. The highest BCUT2D eigenvalue weighted by molar-refractivity contribution is 6.44. The molecule has 1 aromatic rings. The average Bonchev–Trinajstić information content (AvgIpc) is 2.78. The molecule has 0 aliphatic carbocycles. The van der Waals surface area contributed by atoms with Crippen LogP contribution >= 0.6 is 0 Å². The van der Waals surface area contributed by atoms with Crippen molar-refractivity contribution in [3.05, 3.63) is 35.9 Å². The number of hydrogen-bond acceptors (Lipinski definition) is 4. The minimum absolute atomic E-state index is 0.335. The molecule has 106 valence electrons. The number of amides is 1. The van der Waals surface area contributed by atoms with Gasteiger partial charge in [-0.1, -0.05) is 30.3 Å². The van der Waals surface area contributed by atoms with E-state index in [-0.39, 0.29) is 11.9 Å². The molecule has 2 aliphatic rings. The lowest BCUT2D eigenvalue weighted by Gasteiger charge is -2.41. The van der Waals surface area contributed by atoms with Crippen molar-refractivity contribution in [2.75, 3.05) is 6.61 Å². The maximum atomic E-state index is 11.8. The molecule has 0 bridgehead atoms. The molecular formula is C15H17NO4. The van der Waals surface area contributed by atoms with Gasteiger partial charge in [-0.3, -0.25) is 9.59 Å². The Morgan fingerprint density at radius 1 is 1.25 bits per heavy atom. The van der Waals surface area contributed by atoms with Crippen molar-refractivity contribution in [3.63, 3.8) is 0 Å². The number of ether oxygens (including phenoxy) is 2. The maximum absolute atomic E-state index is 11.8. The van der Waals surface area contributed by atoms with Gasteiger partial charge in [0.25, 0.3) is 5.91 Å². The fraction of sp³-hybridized carbons (Fsp3) is 0.467. The zero-order chi connectivity index (χ0) is 14.3. The van der Waals surface area contributed by atoms with Crippen LogP contribution in [0.3, 0.4) is 0 Å². The van der Waals surface area contributed by atoms with Crippen LogP contribution in [-0.2, 0) is 25.6 Å². The highest BCUT2D eigenvalue weighted by atomic mass is 16.7. The lowest BCUT2D eigenvalue weighted by Crippen LogP contribution is -2.66. The number of hydrogen-bond donors (Lipinski definition) is 0. The van der Waals surface area contributed by atoms with Crippen LogP contribution in [0.15, 0.2) is 30.3 Å². The number of carbonyl (C=O) groups is 2. The van der Waals surface area contributed by atoms with Crippen LogP contribution in [0.1, 0.15) is 19.4 Å². The van der Waals surface area contributed by atoms with Gasteiger partial charge in [0.15, 0.2) is 5.79 Å². The second-order valence-electron chi connectivity index (χ2n) is 5.59. The smallest absolute Gasteiger partial charge is 0.293 e. The lowest BCUT2D eigenvalue weighted by molar-refractivity contribution is -0.176. The van der Waals surface area contributed by atoms with Gasteiger partial charge in [-0.05, 0) is 19.4 Å². The summed E-state index contributed by atoms with van der Waals surface area (Å²) >= 11 is 0. The first-order valence-corrected chi connectivity index (χ1v) is 6.68. The first kappa shape index (κ1) is 13.3. The molecule has 2 unspecified atom stereocenters. The van der Waals surface area contributed by atoms with Crippen molar-refractivity contribution >= 4 is 11.7 Å². The van der Waals surface area contributed by atoms with Gasteiger partial charge in [-0.15, -0.1) is 0 Å². The third-order valence-corrected chi connectivity index (χ3v) is 3.65. The first-order chi connectivity index (χ1) is 9.48. The van der Waals surface area contributed by atoms with E-state index in [1.54, 1.807) is 18.7 Å². The van der Waals surface area contributed by atoms with Crippen molar-refractivity contribution in [1.29, 1.82) is 0 Å². The average molecular weight is 275 g/mol. The largest absolute Gasteiger partial charge is 0.348 e. The molecular weight excluding hydrogens is 258 g/mol. The van der Waals surface area contributed by atoms with Crippen LogP contribution in [0.2, 0.25) is 0 Å². The van der Waals surface area contributed by atoms with Crippen LogP contribution in [0.5, 0.6) is 0 Å². The Kier molecular flexibility index (Phi) is 3.11. The molecule has 0 saturated carbocycles. The fourth-order valence-corrected chi connectivity index (χ4v) is 2.66. The van der Waals surface area contributed by atoms with Crippen LogP contribution in [-0.4, -0.2) is 41.1 Å². The van der Waals surface area contributed by atoms with Gasteiger partial charge in [-0.2, -0.15) is 0 Å². The molecule has 0 radical (unpaired) electrons. The van der Waals surface area contributed by atoms with Crippen molar-refractivity contribution in [3.8, 4) is 0 Å². The Bertz CT molecular complexity index is 540. The van der Waals surface area contributed by atoms with E-state index in [0.717, 1.165) is 5.56 Å². The standard InChI is InChI=1S/C15H17NO4/c1-15(2)19-9-11(20-15)12-13(17)14(18)16(12)8-10-6-4-3-5-7-10/h3-7,11-12H,8-9H2,1-2H3. The lowest BCUT2D eigenvalue weighted by atomic mass is 9.94. The molecule has 5 heteroatoms. The van der Waals surface area contributed by atoms with Crippen LogP contribution in [0.4, 0.5) is 0 Å². The highest BCUT2D eigenvalue weighted by Crippen LogP contribution is 2.31. The molecule has 0 spiro atoms. The normalized spacial score (nSPS) is 28.6. The number of Topliss-reactive ketones (excluding diaryl/α,β-unsaturated/α-hetero) is 1. The van der Waals surface area contributed by atoms with Gasteiger partial charge in [0, 0.05) is 6.54 Å². The fourth-order valence-electron chi connectivity index (χ4n) is 2.66. The number of rotatable bonds is 3. The minimum atomic E-state index is -0.692. The summed E-state index contributed by atoms with van der Waals surface area (Å²) in [5, 5.41) is 0. The number of carbonyl (C=O) groups excluding carboxylic acids is 2. The molecule has 2 heterocycles. The summed E-state index contributed by atoms with van der Waals surface area (Å²) < 4.78 is 11.2. The van der Waals surface area contributed by atoms with Crippen molar-refractivity contribution in [1.82, 2.24) is 4.90 Å². The molecule has 0 aromatic heterocycles. The zero-order valence-corrected chi connectivity index (χ0v) is 11.5. The van der Waals surface area contributed by atoms with Crippen LogP contribution < -0.4 is 0 Å². The van der Waals surface area contributed by atoms with E-state index in [9.17, 15) is 9.59 Å². The Labute approximate surface area is 117 Å². The molecule has 1 amide bonds. The SMILES string of the molecule is CC1(C)OCC(C2C(=O)C(=O)N2Cc2ccccc2)O1. The van der Waals surface area contributed by atoms with Gasteiger partial charge in [0.1, 0.15) is 12.1 Å². The van der Waals surface area contributed by atoms with Crippen LogP contribution in [0, 0.1) is 0 Å². The summed E-state index contributed by atoms with van der Waals surface area (Å²) in [5.41, 5.74) is 0.997. The van der Waals surface area contributed by atoms with E-state index >= 15 is 0 Å². The third-order valence-electron chi connectivity index (χ3n) is 3.65. The second kappa shape index (κ2) is 4.68. The number of ketones is 1. The third kappa shape index (κ3) is 2.23. The van der Waals surface area contributed by atoms with Gasteiger partial charge >= 0.3 is 0 Å². The van der Waals surface area contributed by atoms with Gasteiger partial charge in [-0.25, -0.2) is 0 Å². The van der Waals surface area contributed by atoms with Crippen molar-refractivity contribution in [2.24, 2.45) is 0 Å². The molecule has 5 nitrogen and oxygen atoms in total. The Balaban J connectivity index is 1.73. The summed E-state index contributed by atoms with van der Waals surface area (Å²) in [4.78, 5) is 25.2. The molecule has 2 saturated heterocycles. The van der Waals surface area contributed by atoms with Crippen molar-refractivity contribution < 1.29 is 19.1 Å². The summed E-state index contributed by atoms with van der Waals surface area (Å²) in [6.45, 7) is 4.37. The predicted octanol–water partition coefficient (Wildman–Crippen LogP) is 1.12. The van der Waals surface area contributed by atoms with Crippen molar-refractivity contribution in [2.45, 2.75) is 38.3 Å². The molecule has 3 rings (SSSR count). The molecule has 20 heavy (non-hydrogen) atoms. The van der Waals surface area contributed by atoms with E-state index in [1.165, 1.54) is 0 Å². The molecule has 0 N–H and O–H groups in total. The van der Waals surface area contributed by atoms with E-state index < -0.39 is 17.7 Å². The molecule has 2 atom stereocenters. The Morgan fingerprint density at radius 2 is 1.95 bits per heavy atom. The molecule has 2 fully saturated rings. The quantitative estimate of drug-likeness (QED) is 0.612.